The molecule has 0 radical (unpaired) electrons. The van der Waals surface area contributed by atoms with Crippen LogP contribution in [0.1, 0.15) is 79.1 Å². The van der Waals surface area contributed by atoms with Crippen molar-refractivity contribution in [2.45, 2.75) is 85.2 Å². The molecule has 0 bridgehead atoms. The van der Waals surface area contributed by atoms with E-state index < -0.39 is 0 Å². The molecule has 0 saturated heterocycles. The Morgan fingerprint density at radius 1 is 1.08 bits per heavy atom. The predicted octanol–water partition coefficient (Wildman–Crippen LogP) is 5.09. The Morgan fingerprint density at radius 3 is 2.54 bits per heavy atom. The molecular weight excluding hydrogens is 324 g/mol. The zero-order chi connectivity index (χ0) is 18.7. The first kappa shape index (κ1) is 18.3. The van der Waals surface area contributed by atoms with Crippen LogP contribution in [-0.4, -0.2) is 17.9 Å². The summed E-state index contributed by atoms with van der Waals surface area (Å²) in [6.07, 6.45) is 11.6. The summed E-state index contributed by atoms with van der Waals surface area (Å²) >= 11 is 0. The smallest absolute Gasteiger partial charge is 0.302 e. The van der Waals surface area contributed by atoms with Gasteiger partial charge in [-0.25, -0.2) is 0 Å². The minimum Gasteiger partial charge on any atom is -0.463 e. The number of rotatable bonds is 2. The Hall–Kier alpha value is -1.12. The first-order valence-corrected chi connectivity index (χ1v) is 10.6. The fourth-order valence-corrected chi connectivity index (χ4v) is 7.72. The summed E-state index contributed by atoms with van der Waals surface area (Å²) in [5.41, 5.74) is 2.00. The second-order valence-corrected chi connectivity index (χ2v) is 10.0. The topological polar surface area (TPSA) is 43.4 Å². The maximum atomic E-state index is 12.2. The van der Waals surface area contributed by atoms with Crippen molar-refractivity contribution in [3.05, 3.63) is 11.6 Å². The van der Waals surface area contributed by atoms with Gasteiger partial charge in [0.05, 0.1) is 0 Å². The van der Waals surface area contributed by atoms with E-state index in [4.69, 9.17) is 4.74 Å². The second-order valence-electron chi connectivity index (χ2n) is 10.0. The maximum absolute atomic E-state index is 12.2. The van der Waals surface area contributed by atoms with Gasteiger partial charge in [-0.2, -0.15) is 0 Å². The molecule has 3 heteroatoms. The Kier molecular flexibility index (Phi) is 4.36. The zero-order valence-electron chi connectivity index (χ0n) is 16.8. The quantitative estimate of drug-likeness (QED) is 0.510. The van der Waals surface area contributed by atoms with E-state index in [1.807, 2.05) is 0 Å². The van der Waals surface area contributed by atoms with Crippen molar-refractivity contribution >= 4 is 11.8 Å². The third-order valence-electron chi connectivity index (χ3n) is 8.84. The van der Waals surface area contributed by atoms with Crippen molar-refractivity contribution in [2.75, 3.05) is 0 Å². The molecular formula is C23H34O3. The summed E-state index contributed by atoms with van der Waals surface area (Å²) in [5, 5.41) is 0. The van der Waals surface area contributed by atoms with E-state index in [-0.39, 0.29) is 28.8 Å². The lowest BCUT2D eigenvalue weighted by atomic mass is 9.47. The molecule has 3 saturated carbocycles. The molecule has 0 spiro atoms. The van der Waals surface area contributed by atoms with Crippen molar-refractivity contribution < 1.29 is 14.3 Å². The van der Waals surface area contributed by atoms with Crippen LogP contribution in [0.15, 0.2) is 11.6 Å². The first-order valence-electron chi connectivity index (χ1n) is 10.6. The highest BCUT2D eigenvalue weighted by molar-refractivity contribution is 5.79. The average Bonchev–Trinajstić information content (AvgIpc) is 2.91. The van der Waals surface area contributed by atoms with Gasteiger partial charge in [0.25, 0.3) is 0 Å². The monoisotopic (exact) mass is 358 g/mol. The van der Waals surface area contributed by atoms with Crippen LogP contribution in [0.2, 0.25) is 0 Å². The number of hydrogen-bond donors (Lipinski definition) is 0. The minimum absolute atomic E-state index is 0.0789. The molecule has 0 aromatic rings. The van der Waals surface area contributed by atoms with Gasteiger partial charge in [-0.15, -0.1) is 0 Å². The maximum Gasteiger partial charge on any atom is 0.302 e. The molecule has 0 heterocycles. The Bertz CT molecular complexity index is 650. The van der Waals surface area contributed by atoms with E-state index in [1.54, 1.807) is 12.5 Å². The van der Waals surface area contributed by atoms with Crippen LogP contribution < -0.4 is 0 Å². The zero-order valence-corrected chi connectivity index (χ0v) is 16.8. The lowest BCUT2D eigenvalue weighted by molar-refractivity contribution is -0.150. The lowest BCUT2D eigenvalue weighted by Crippen LogP contribution is -2.51. The molecule has 4 aliphatic rings. The SMILES string of the molecule is CC(=O)OC1CCC2=CC[C@H]3[C@@H]4CC[C@H](C(C)=O)[C@@]4(C)CC[C@@H]3[C@@]2(C)C1. The van der Waals surface area contributed by atoms with Crippen LogP contribution in [0.25, 0.3) is 0 Å². The summed E-state index contributed by atoms with van der Waals surface area (Å²) in [5.74, 6) is 2.59. The Morgan fingerprint density at radius 2 is 1.85 bits per heavy atom. The number of ether oxygens (including phenoxy) is 1. The van der Waals surface area contributed by atoms with Gasteiger partial charge in [-0.05, 0) is 86.9 Å². The van der Waals surface area contributed by atoms with Crippen LogP contribution in [0, 0.1) is 34.5 Å². The van der Waals surface area contributed by atoms with E-state index in [0.717, 1.165) is 25.7 Å². The van der Waals surface area contributed by atoms with Gasteiger partial charge < -0.3 is 4.74 Å². The van der Waals surface area contributed by atoms with E-state index in [2.05, 4.69) is 19.9 Å². The number of hydrogen-bond acceptors (Lipinski definition) is 3. The Labute approximate surface area is 157 Å². The van der Waals surface area contributed by atoms with Crippen molar-refractivity contribution in [3.63, 3.8) is 0 Å². The molecule has 0 aliphatic heterocycles. The molecule has 3 nitrogen and oxygen atoms in total. The highest BCUT2D eigenvalue weighted by atomic mass is 16.5. The predicted molar refractivity (Wildman–Crippen MR) is 101 cm³/mol. The second kappa shape index (κ2) is 6.21. The van der Waals surface area contributed by atoms with E-state index >= 15 is 0 Å². The first-order chi connectivity index (χ1) is 12.3. The number of carbonyl (C=O) groups is 2. The van der Waals surface area contributed by atoms with Crippen LogP contribution in [0.4, 0.5) is 0 Å². The lowest BCUT2D eigenvalue weighted by Gasteiger charge is -2.58. The molecule has 4 aliphatic carbocycles. The highest BCUT2D eigenvalue weighted by Gasteiger charge is 2.59. The van der Waals surface area contributed by atoms with Gasteiger partial charge in [-0.1, -0.05) is 25.5 Å². The minimum atomic E-state index is -0.144. The van der Waals surface area contributed by atoms with Gasteiger partial charge in [0.2, 0.25) is 0 Å². The standard InChI is InChI=1S/C23H34O3/c1-14(24)19-9-10-20-18-8-6-16-5-7-17(26-15(2)25)13-23(16,4)21(18)11-12-22(19,20)3/h6,17-21H,5,7-13H2,1-4H3/t17?,18-,19+,20-,21-,22+,23-/m0/s1. The highest BCUT2D eigenvalue weighted by Crippen LogP contribution is 2.66. The molecule has 3 fully saturated rings. The fraction of sp³-hybridized carbons (Fsp3) is 0.826. The van der Waals surface area contributed by atoms with Crippen molar-refractivity contribution in [1.82, 2.24) is 0 Å². The summed E-state index contributed by atoms with van der Waals surface area (Å²) in [6.45, 7) is 8.17. The molecule has 0 aromatic carbocycles. The summed E-state index contributed by atoms with van der Waals surface area (Å²) in [4.78, 5) is 23.7. The van der Waals surface area contributed by atoms with Crippen molar-refractivity contribution in [2.24, 2.45) is 34.5 Å². The molecule has 26 heavy (non-hydrogen) atoms. The van der Waals surface area contributed by atoms with E-state index in [1.165, 1.54) is 32.6 Å². The van der Waals surface area contributed by atoms with Gasteiger partial charge in [0, 0.05) is 12.8 Å². The van der Waals surface area contributed by atoms with Gasteiger partial charge >= 0.3 is 5.97 Å². The molecule has 4 rings (SSSR count). The third kappa shape index (κ3) is 2.60. The van der Waals surface area contributed by atoms with Crippen LogP contribution in [-0.2, 0) is 14.3 Å². The number of Topliss-reactive ketones (excluding diaryl/α,β-unsaturated/α-hetero) is 1. The van der Waals surface area contributed by atoms with Crippen LogP contribution in [0.5, 0.6) is 0 Å². The number of ketones is 1. The van der Waals surface area contributed by atoms with Crippen LogP contribution >= 0.6 is 0 Å². The summed E-state index contributed by atoms with van der Waals surface area (Å²) in [6, 6.07) is 0. The fourth-order valence-electron chi connectivity index (χ4n) is 7.72. The van der Waals surface area contributed by atoms with Crippen molar-refractivity contribution in [3.8, 4) is 0 Å². The summed E-state index contributed by atoms with van der Waals surface area (Å²) < 4.78 is 5.63. The van der Waals surface area contributed by atoms with Crippen molar-refractivity contribution in [1.29, 1.82) is 0 Å². The van der Waals surface area contributed by atoms with E-state index in [0.29, 0.717) is 23.5 Å². The molecule has 0 N–H and O–H groups in total. The third-order valence-corrected chi connectivity index (χ3v) is 8.84. The number of allylic oxidation sites excluding steroid dienone is 2. The Balaban J connectivity index is 1.61. The molecule has 1 unspecified atom stereocenters. The van der Waals surface area contributed by atoms with Gasteiger partial charge in [0.15, 0.2) is 0 Å². The van der Waals surface area contributed by atoms with Crippen LogP contribution in [0.3, 0.4) is 0 Å². The molecule has 0 amide bonds. The van der Waals surface area contributed by atoms with Gasteiger partial charge in [-0.3, -0.25) is 9.59 Å². The van der Waals surface area contributed by atoms with E-state index in [9.17, 15) is 9.59 Å². The van der Waals surface area contributed by atoms with Gasteiger partial charge in [0.1, 0.15) is 11.9 Å². The number of fused-ring (bicyclic) bond motifs is 5. The molecule has 144 valence electrons. The molecule has 0 aromatic heterocycles. The number of esters is 1. The summed E-state index contributed by atoms with van der Waals surface area (Å²) in [7, 11) is 0. The number of carbonyl (C=O) groups excluding carboxylic acids is 2. The largest absolute Gasteiger partial charge is 0.463 e. The molecule has 7 atom stereocenters. The average molecular weight is 359 g/mol. The normalized spacial score (nSPS) is 47.2.